The summed E-state index contributed by atoms with van der Waals surface area (Å²) in [5.41, 5.74) is 6.43. The summed E-state index contributed by atoms with van der Waals surface area (Å²) in [6.45, 7) is 7.92. The van der Waals surface area contributed by atoms with Crippen molar-refractivity contribution in [3.8, 4) is 11.1 Å². The van der Waals surface area contributed by atoms with Crippen molar-refractivity contribution in [1.82, 2.24) is 29.0 Å². The van der Waals surface area contributed by atoms with E-state index in [0.29, 0.717) is 22.4 Å². The molecule has 2 fully saturated rings. The Morgan fingerprint density at radius 3 is 2.70 bits per heavy atom. The van der Waals surface area contributed by atoms with E-state index in [1.54, 1.807) is 35.0 Å². The third kappa shape index (κ3) is 5.63. The first-order chi connectivity index (χ1) is 22.5. The van der Waals surface area contributed by atoms with Crippen LogP contribution in [0.3, 0.4) is 0 Å². The topological polar surface area (TPSA) is 124 Å². The maximum atomic E-state index is 14.3. The van der Waals surface area contributed by atoms with Gasteiger partial charge >= 0.3 is 0 Å². The smallest absolute Gasteiger partial charge is 0.248 e. The largest absolute Gasteiger partial charge is 0.380 e. The first-order valence-corrected chi connectivity index (χ1v) is 16.5. The highest BCUT2D eigenvalue weighted by atomic mass is 79.9. The number of halogens is 1. The van der Waals surface area contributed by atoms with Crippen molar-refractivity contribution >= 4 is 55.9 Å². The van der Waals surface area contributed by atoms with Crippen molar-refractivity contribution < 1.29 is 19.1 Å². The molecule has 1 saturated heterocycles. The molecule has 1 aliphatic carbocycles. The number of hydrogen-bond acceptors (Lipinski definition) is 7. The number of nitrogens with zero attached hydrogens (tertiary/aromatic N) is 6. The summed E-state index contributed by atoms with van der Waals surface area (Å²) in [6.07, 6.45) is 7.78. The van der Waals surface area contributed by atoms with Crippen molar-refractivity contribution in [2.24, 2.45) is 5.41 Å². The highest BCUT2D eigenvalue weighted by Crippen LogP contribution is 2.57. The van der Waals surface area contributed by atoms with Gasteiger partial charge in [0.05, 0.1) is 17.8 Å². The molecular formula is C35H36BrN7O4. The van der Waals surface area contributed by atoms with Crippen LogP contribution in [0.1, 0.15) is 60.3 Å². The number of rotatable bonds is 8. The number of aromatic nitrogens is 5. The number of Topliss-reactive ketones (excluding diaryl/α,β-unsaturated/α-hetero) is 1. The van der Waals surface area contributed by atoms with Crippen molar-refractivity contribution in [3.05, 3.63) is 75.9 Å². The van der Waals surface area contributed by atoms with Gasteiger partial charge < -0.3 is 19.5 Å². The maximum absolute atomic E-state index is 14.3. The average Bonchev–Trinajstić information content (AvgIpc) is 3.36. The molecule has 1 saturated carbocycles. The van der Waals surface area contributed by atoms with Gasteiger partial charge in [-0.1, -0.05) is 13.0 Å². The molecule has 1 N–H and O–H groups in total. The minimum atomic E-state index is -0.644. The number of piperidine rings is 1. The second-order valence-corrected chi connectivity index (χ2v) is 14.0. The lowest BCUT2D eigenvalue weighted by Gasteiger charge is -2.37. The van der Waals surface area contributed by atoms with Gasteiger partial charge in [0.2, 0.25) is 11.8 Å². The number of pyridine rings is 1. The van der Waals surface area contributed by atoms with Crippen LogP contribution in [0.2, 0.25) is 0 Å². The number of fused-ring (bicyclic) bond motifs is 3. The molecule has 0 unspecified atom stereocenters. The van der Waals surface area contributed by atoms with E-state index in [1.165, 1.54) is 6.92 Å². The summed E-state index contributed by atoms with van der Waals surface area (Å²) in [5.74, 6) is -0.103. The number of nitrogens with one attached hydrogen (secondary N) is 1. The molecule has 0 spiro atoms. The van der Waals surface area contributed by atoms with Gasteiger partial charge in [-0.25, -0.2) is 14.5 Å². The number of benzene rings is 1. The van der Waals surface area contributed by atoms with Gasteiger partial charge in [0.1, 0.15) is 23.0 Å². The summed E-state index contributed by atoms with van der Waals surface area (Å²) in [5, 5.41) is 8.25. The Labute approximate surface area is 280 Å². The minimum absolute atomic E-state index is 0.00194. The zero-order chi connectivity index (χ0) is 33.2. The highest BCUT2D eigenvalue weighted by Gasteiger charge is 2.60. The lowest BCUT2D eigenvalue weighted by atomic mass is 9.92. The number of hydrogen-bond donors (Lipinski definition) is 1. The Hall–Kier alpha value is -4.42. The fourth-order valence-electron chi connectivity index (χ4n) is 7.16. The number of carbonyl (C=O) groups excluding carboxylic acids is 3. The first kappa shape index (κ1) is 31.2. The van der Waals surface area contributed by atoms with E-state index in [2.05, 4.69) is 43.2 Å². The quantitative estimate of drug-likeness (QED) is 0.159. The van der Waals surface area contributed by atoms with Gasteiger partial charge in [-0.3, -0.25) is 14.4 Å². The maximum Gasteiger partial charge on any atom is 0.248 e. The average molecular weight is 699 g/mol. The standard InChI is InChI=1S/C35H36BrN7O4/c1-19-10-23(24-14-37-30-11-20(2)40-42(30)15-24)12-25-26(21(3)44)16-41(32(19)25)17-31(45)43-27(8-9-35(4)13-28(35)43)34(46)39-33-22(18-47-5)6-7-29(36)38-33/h6-7,10-12,14-16,27-28H,8-9,13,17-18H2,1-5H3,(H,38,39,46)/t27-,28+,35-/m0/s1. The van der Waals surface area contributed by atoms with Gasteiger partial charge in [0, 0.05) is 59.9 Å². The number of methoxy groups -OCH3 is 1. The lowest BCUT2D eigenvalue weighted by molar-refractivity contribution is -0.142. The van der Waals surface area contributed by atoms with E-state index in [1.807, 2.05) is 48.9 Å². The van der Waals surface area contributed by atoms with Crippen molar-refractivity contribution in [1.29, 1.82) is 0 Å². The Balaban J connectivity index is 1.21. The van der Waals surface area contributed by atoms with E-state index in [9.17, 15) is 14.4 Å². The monoisotopic (exact) mass is 697 g/mol. The van der Waals surface area contributed by atoms with Crippen molar-refractivity contribution in [2.45, 2.75) is 72.2 Å². The molecular weight excluding hydrogens is 662 g/mol. The zero-order valence-electron chi connectivity index (χ0n) is 27.0. The molecule has 4 aromatic heterocycles. The molecule has 0 bridgehead atoms. The molecule has 3 atom stereocenters. The molecule has 5 heterocycles. The van der Waals surface area contributed by atoms with E-state index in [4.69, 9.17) is 4.74 Å². The predicted molar refractivity (Wildman–Crippen MR) is 181 cm³/mol. The number of ketones is 1. The van der Waals surface area contributed by atoms with Gasteiger partial charge in [0.15, 0.2) is 11.4 Å². The Kier molecular flexibility index (Phi) is 7.75. The summed E-state index contributed by atoms with van der Waals surface area (Å²) < 4.78 is 9.51. The van der Waals surface area contributed by atoms with Crippen LogP contribution in [0.25, 0.3) is 27.7 Å². The van der Waals surface area contributed by atoms with Gasteiger partial charge in [-0.15, -0.1) is 0 Å². The number of carbonyl (C=O) groups is 3. The fraction of sp³-hybridized carbons (Fsp3) is 0.371. The molecule has 1 aliphatic heterocycles. The van der Waals surface area contributed by atoms with Crippen LogP contribution in [0.15, 0.2) is 53.5 Å². The normalized spacial score (nSPS) is 20.4. The molecule has 2 aliphatic rings. The minimum Gasteiger partial charge on any atom is -0.380 e. The van der Waals surface area contributed by atoms with Crippen LogP contribution < -0.4 is 5.32 Å². The van der Waals surface area contributed by atoms with Crippen LogP contribution >= 0.6 is 15.9 Å². The van der Waals surface area contributed by atoms with Crippen LogP contribution in [-0.2, 0) is 27.5 Å². The second-order valence-electron chi connectivity index (χ2n) is 13.1. The summed E-state index contributed by atoms with van der Waals surface area (Å²) in [6, 6.07) is 8.93. The number of anilines is 1. The van der Waals surface area contributed by atoms with E-state index >= 15 is 0 Å². The molecule has 7 rings (SSSR count). The summed E-state index contributed by atoms with van der Waals surface area (Å²) >= 11 is 3.39. The molecule has 12 heteroatoms. The Morgan fingerprint density at radius 2 is 1.94 bits per heavy atom. The molecule has 5 aromatic rings. The summed E-state index contributed by atoms with van der Waals surface area (Å²) in [7, 11) is 1.59. The number of aryl methyl sites for hydroxylation is 2. The van der Waals surface area contributed by atoms with Crippen LogP contribution in [0.4, 0.5) is 5.82 Å². The molecule has 1 aromatic carbocycles. The predicted octanol–water partition coefficient (Wildman–Crippen LogP) is 5.88. The van der Waals surface area contributed by atoms with Gasteiger partial charge in [-0.05, 0) is 90.7 Å². The molecule has 0 radical (unpaired) electrons. The summed E-state index contributed by atoms with van der Waals surface area (Å²) in [4.78, 5) is 51.8. The van der Waals surface area contributed by atoms with Crippen molar-refractivity contribution in [3.63, 3.8) is 0 Å². The highest BCUT2D eigenvalue weighted by molar-refractivity contribution is 9.10. The molecule has 242 valence electrons. The van der Waals surface area contributed by atoms with E-state index < -0.39 is 6.04 Å². The van der Waals surface area contributed by atoms with Gasteiger partial charge in [0.25, 0.3) is 0 Å². The number of amides is 2. The molecule has 47 heavy (non-hydrogen) atoms. The third-order valence-corrected chi connectivity index (χ3v) is 10.1. The molecule has 2 amide bonds. The van der Waals surface area contributed by atoms with Crippen LogP contribution in [0, 0.1) is 19.3 Å². The third-order valence-electron chi connectivity index (χ3n) is 9.66. The number of ether oxygens (including phenoxy) is 1. The van der Waals surface area contributed by atoms with E-state index in [-0.39, 0.29) is 42.2 Å². The van der Waals surface area contributed by atoms with Crippen molar-refractivity contribution in [2.75, 3.05) is 12.4 Å². The van der Waals surface area contributed by atoms with Gasteiger partial charge in [-0.2, -0.15) is 5.10 Å². The SMILES string of the molecule is COCc1ccc(Br)nc1NC(=O)[C@@H]1CC[C@@]2(C)C[C@H]2N1C(=O)Cn1cc(C(C)=O)c2cc(-c3cnc4cc(C)nn4c3)cc(C)c21. The second kappa shape index (κ2) is 11.7. The number of likely N-dealkylation sites (tertiary alicyclic amines) is 1. The van der Waals surface area contributed by atoms with Crippen LogP contribution in [0.5, 0.6) is 0 Å². The van der Waals surface area contributed by atoms with E-state index in [0.717, 1.165) is 57.3 Å². The Morgan fingerprint density at radius 1 is 1.13 bits per heavy atom. The van der Waals surface area contributed by atoms with Crippen LogP contribution in [-0.4, -0.2) is 65.8 Å². The fourth-order valence-corrected chi connectivity index (χ4v) is 7.47. The lowest BCUT2D eigenvalue weighted by Crippen LogP contribution is -2.53. The Bertz CT molecular complexity index is 2100. The zero-order valence-corrected chi connectivity index (χ0v) is 28.6. The first-order valence-electron chi connectivity index (χ1n) is 15.7. The molecule has 11 nitrogen and oxygen atoms in total.